The van der Waals surface area contributed by atoms with Crippen molar-refractivity contribution in [2.45, 2.75) is 46.1 Å². The number of nitrogens with two attached hydrogens (primary N) is 1. The van der Waals surface area contributed by atoms with E-state index in [0.717, 1.165) is 29.9 Å². The van der Waals surface area contributed by atoms with Gasteiger partial charge in [0, 0.05) is 11.3 Å². The number of anilines is 1. The summed E-state index contributed by atoms with van der Waals surface area (Å²) in [5.41, 5.74) is 8.96. The molecule has 2 N–H and O–H groups in total. The average molecular weight is 285 g/mol. The van der Waals surface area contributed by atoms with Gasteiger partial charge in [-0.05, 0) is 60.6 Å². The minimum atomic E-state index is 0.369. The maximum Gasteiger partial charge on any atom is 0.184 e. The van der Waals surface area contributed by atoms with Gasteiger partial charge in [0.25, 0.3) is 0 Å². The number of aromatic nitrogens is 4. The predicted octanol–water partition coefficient (Wildman–Crippen LogP) is 3.23. The number of nitrogens with zero attached hydrogens (tertiary/aromatic N) is 4. The largest absolute Gasteiger partial charge is 0.398 e. The second-order valence-corrected chi connectivity index (χ2v) is 6.61. The van der Waals surface area contributed by atoms with E-state index in [9.17, 15) is 0 Å². The topological polar surface area (TPSA) is 69.6 Å². The Morgan fingerprint density at radius 1 is 1.14 bits per heavy atom. The van der Waals surface area contributed by atoms with Crippen LogP contribution in [-0.2, 0) is 0 Å². The molecule has 1 saturated carbocycles. The molecular formula is C16H23N5. The number of tetrazole rings is 1. The number of benzene rings is 1. The van der Waals surface area contributed by atoms with Crippen LogP contribution in [-0.4, -0.2) is 20.2 Å². The summed E-state index contributed by atoms with van der Waals surface area (Å²) in [7, 11) is 0. The lowest BCUT2D eigenvalue weighted by Crippen LogP contribution is -2.24. The summed E-state index contributed by atoms with van der Waals surface area (Å²) >= 11 is 0. The van der Waals surface area contributed by atoms with Gasteiger partial charge in [0.05, 0.1) is 6.04 Å². The molecule has 3 rings (SSSR count). The molecule has 0 aliphatic heterocycles. The summed E-state index contributed by atoms with van der Waals surface area (Å²) in [5, 5.41) is 12.4. The minimum absolute atomic E-state index is 0.369. The Labute approximate surface area is 125 Å². The van der Waals surface area contributed by atoms with E-state index in [4.69, 9.17) is 5.73 Å². The van der Waals surface area contributed by atoms with Crippen LogP contribution in [0.1, 0.15) is 44.7 Å². The van der Waals surface area contributed by atoms with Gasteiger partial charge < -0.3 is 5.73 Å². The highest BCUT2D eigenvalue weighted by Crippen LogP contribution is 2.37. The van der Waals surface area contributed by atoms with Crippen LogP contribution in [0, 0.1) is 18.8 Å². The molecule has 21 heavy (non-hydrogen) atoms. The molecule has 0 amide bonds. The van der Waals surface area contributed by atoms with Crippen LogP contribution in [0.5, 0.6) is 0 Å². The first-order chi connectivity index (χ1) is 10.0. The van der Waals surface area contributed by atoms with Gasteiger partial charge in [-0.3, -0.25) is 0 Å². The van der Waals surface area contributed by atoms with Crippen molar-refractivity contribution in [3.05, 3.63) is 23.8 Å². The van der Waals surface area contributed by atoms with E-state index in [2.05, 4.69) is 42.4 Å². The lowest BCUT2D eigenvalue weighted by Gasteiger charge is -2.31. The van der Waals surface area contributed by atoms with Crippen LogP contribution in [0.4, 0.5) is 5.69 Å². The van der Waals surface area contributed by atoms with Crippen molar-refractivity contribution >= 4 is 5.69 Å². The quantitative estimate of drug-likeness (QED) is 0.860. The maximum absolute atomic E-state index is 6.12. The maximum atomic E-state index is 6.12. The molecule has 1 aliphatic carbocycles. The standard InChI is InChI=1S/C16H23N5/c1-10-4-5-15(17)14(9-10)16-18-19-20-21(16)13-7-11(2)6-12(3)8-13/h4-5,9,11-13H,6-8,17H2,1-3H3. The molecule has 2 atom stereocenters. The van der Waals surface area contributed by atoms with Crippen molar-refractivity contribution in [2.24, 2.45) is 11.8 Å². The van der Waals surface area contributed by atoms with E-state index in [1.165, 1.54) is 12.0 Å². The van der Waals surface area contributed by atoms with Crippen LogP contribution in [0.25, 0.3) is 11.4 Å². The second-order valence-electron chi connectivity index (χ2n) is 6.61. The van der Waals surface area contributed by atoms with E-state index < -0.39 is 0 Å². The fourth-order valence-corrected chi connectivity index (χ4v) is 3.58. The zero-order valence-corrected chi connectivity index (χ0v) is 13.0. The third-order valence-electron chi connectivity index (χ3n) is 4.44. The fraction of sp³-hybridized carbons (Fsp3) is 0.562. The van der Waals surface area contributed by atoms with Crippen molar-refractivity contribution in [1.29, 1.82) is 0 Å². The molecule has 1 aromatic heterocycles. The smallest absolute Gasteiger partial charge is 0.184 e. The molecule has 112 valence electrons. The van der Waals surface area contributed by atoms with Gasteiger partial charge in [0.1, 0.15) is 0 Å². The Bertz CT molecular complexity index is 623. The van der Waals surface area contributed by atoms with Crippen LogP contribution in [0.3, 0.4) is 0 Å². The molecule has 5 nitrogen and oxygen atoms in total. The fourth-order valence-electron chi connectivity index (χ4n) is 3.58. The van der Waals surface area contributed by atoms with E-state index in [1.54, 1.807) is 0 Å². The molecule has 1 fully saturated rings. The van der Waals surface area contributed by atoms with E-state index in [-0.39, 0.29) is 0 Å². The molecule has 1 heterocycles. The molecule has 0 bridgehead atoms. The summed E-state index contributed by atoms with van der Waals surface area (Å²) < 4.78 is 1.98. The van der Waals surface area contributed by atoms with Gasteiger partial charge in [-0.15, -0.1) is 5.10 Å². The molecule has 0 saturated heterocycles. The Morgan fingerprint density at radius 3 is 2.57 bits per heavy atom. The van der Waals surface area contributed by atoms with E-state index in [0.29, 0.717) is 17.9 Å². The van der Waals surface area contributed by atoms with Gasteiger partial charge in [-0.1, -0.05) is 25.5 Å². The first kappa shape index (κ1) is 14.0. The van der Waals surface area contributed by atoms with E-state index in [1.807, 2.05) is 16.8 Å². The summed E-state index contributed by atoms with van der Waals surface area (Å²) in [5.74, 6) is 2.22. The molecule has 1 aliphatic rings. The van der Waals surface area contributed by atoms with E-state index >= 15 is 0 Å². The second kappa shape index (κ2) is 5.47. The molecular weight excluding hydrogens is 262 g/mol. The first-order valence-corrected chi connectivity index (χ1v) is 7.69. The highest BCUT2D eigenvalue weighted by Gasteiger charge is 2.28. The molecule has 5 heteroatoms. The lowest BCUT2D eigenvalue weighted by molar-refractivity contribution is 0.209. The van der Waals surface area contributed by atoms with Crippen LogP contribution >= 0.6 is 0 Å². The lowest BCUT2D eigenvalue weighted by atomic mass is 9.80. The average Bonchev–Trinajstić information content (AvgIpc) is 2.89. The molecule has 0 radical (unpaired) electrons. The van der Waals surface area contributed by atoms with Gasteiger partial charge in [0.15, 0.2) is 5.82 Å². The zero-order chi connectivity index (χ0) is 15.0. The third kappa shape index (κ3) is 2.77. The zero-order valence-electron chi connectivity index (χ0n) is 13.0. The van der Waals surface area contributed by atoms with Crippen molar-refractivity contribution < 1.29 is 0 Å². The summed E-state index contributed by atoms with van der Waals surface area (Å²) in [6.45, 7) is 6.68. The van der Waals surface area contributed by atoms with Crippen molar-refractivity contribution in [1.82, 2.24) is 20.2 Å². The highest BCUT2D eigenvalue weighted by molar-refractivity contribution is 5.72. The first-order valence-electron chi connectivity index (χ1n) is 7.69. The molecule has 1 aromatic carbocycles. The Morgan fingerprint density at radius 2 is 1.86 bits per heavy atom. The van der Waals surface area contributed by atoms with Crippen molar-refractivity contribution in [2.75, 3.05) is 5.73 Å². The normalized spacial score (nSPS) is 26.0. The molecule has 0 spiro atoms. The monoisotopic (exact) mass is 285 g/mol. The molecule has 2 unspecified atom stereocenters. The van der Waals surface area contributed by atoms with Gasteiger partial charge in [-0.25, -0.2) is 4.68 Å². The summed E-state index contributed by atoms with van der Waals surface area (Å²) in [6, 6.07) is 6.37. The van der Waals surface area contributed by atoms with Crippen LogP contribution < -0.4 is 5.73 Å². The SMILES string of the molecule is Cc1ccc(N)c(-c2nnnn2C2CC(C)CC(C)C2)c1. The van der Waals surface area contributed by atoms with Gasteiger partial charge >= 0.3 is 0 Å². The van der Waals surface area contributed by atoms with Crippen LogP contribution in [0.2, 0.25) is 0 Å². The van der Waals surface area contributed by atoms with Gasteiger partial charge in [-0.2, -0.15) is 0 Å². The highest BCUT2D eigenvalue weighted by atomic mass is 15.5. The van der Waals surface area contributed by atoms with Crippen LogP contribution in [0.15, 0.2) is 18.2 Å². The summed E-state index contributed by atoms with van der Waals surface area (Å²) in [6.07, 6.45) is 3.56. The minimum Gasteiger partial charge on any atom is -0.398 e. The number of aryl methyl sites for hydroxylation is 1. The van der Waals surface area contributed by atoms with Crippen molar-refractivity contribution in [3.8, 4) is 11.4 Å². The molecule has 2 aromatic rings. The number of rotatable bonds is 2. The summed E-state index contributed by atoms with van der Waals surface area (Å²) in [4.78, 5) is 0. The Balaban J connectivity index is 1.99. The number of nitrogen functional groups attached to an aromatic ring is 1. The number of hydrogen-bond donors (Lipinski definition) is 1. The van der Waals surface area contributed by atoms with Crippen molar-refractivity contribution in [3.63, 3.8) is 0 Å². The third-order valence-corrected chi connectivity index (χ3v) is 4.44. The number of hydrogen-bond acceptors (Lipinski definition) is 4. The Hall–Kier alpha value is -1.91. The predicted molar refractivity (Wildman–Crippen MR) is 83.6 cm³/mol. The Kier molecular flexibility index (Phi) is 3.66. The van der Waals surface area contributed by atoms with Gasteiger partial charge in [0.2, 0.25) is 0 Å².